The van der Waals surface area contributed by atoms with Crippen LogP contribution in [-0.4, -0.2) is 30.0 Å². The van der Waals surface area contributed by atoms with Gasteiger partial charge in [-0.3, -0.25) is 19.0 Å². The molecule has 2 heterocycles. The highest BCUT2D eigenvalue weighted by Gasteiger charge is 2.25. The monoisotopic (exact) mass is 332 g/mol. The first-order valence-corrected chi connectivity index (χ1v) is 8.04. The highest BCUT2D eigenvalue weighted by Crippen LogP contribution is 2.22. The molecule has 2 amide bonds. The summed E-state index contributed by atoms with van der Waals surface area (Å²) >= 11 is 0. The largest absolute Gasteiger partial charge is 0.274 e. The second-order valence-corrected chi connectivity index (χ2v) is 6.50. The van der Waals surface area contributed by atoms with Crippen LogP contribution in [0.2, 0.25) is 0 Å². The van der Waals surface area contributed by atoms with Crippen LogP contribution >= 0.6 is 0 Å². The minimum atomic E-state index is -3.80. The van der Waals surface area contributed by atoms with Gasteiger partial charge in [-0.05, 0) is 24.3 Å². The van der Waals surface area contributed by atoms with Gasteiger partial charge in [0.2, 0.25) is 0 Å². The fraction of sp³-hybridized carbons (Fsp3) is 0.0714. The Kier molecular flexibility index (Phi) is 3.49. The zero-order chi connectivity index (χ0) is 16.6. The van der Waals surface area contributed by atoms with Crippen molar-refractivity contribution >= 4 is 33.3 Å². The number of hydrogen-bond acceptors (Lipinski definition) is 5. The zero-order valence-corrected chi connectivity index (χ0v) is 12.8. The average molecular weight is 332 g/mol. The van der Waals surface area contributed by atoms with Gasteiger partial charge in [-0.15, -0.1) is 0 Å². The molecule has 0 spiro atoms. The van der Waals surface area contributed by atoms with Gasteiger partial charge in [-0.1, -0.05) is 0 Å². The van der Waals surface area contributed by atoms with Crippen LogP contribution in [0.5, 0.6) is 0 Å². The van der Waals surface area contributed by atoms with Crippen LogP contribution < -0.4 is 9.62 Å². The summed E-state index contributed by atoms with van der Waals surface area (Å²) in [5.74, 6) is -0.722. The Morgan fingerprint density at radius 2 is 1.61 bits per heavy atom. The second-order valence-electron chi connectivity index (χ2n) is 4.82. The van der Waals surface area contributed by atoms with Crippen molar-refractivity contribution in [1.29, 1.82) is 0 Å². The van der Waals surface area contributed by atoms with Crippen LogP contribution in [0, 0.1) is 0 Å². The SMILES string of the molecule is Cn1ccc(NS(=O)(=O)c2ccc(N3C(=O)C=CC3=O)cc2)n1. The smallest absolute Gasteiger partial charge is 0.263 e. The highest BCUT2D eigenvalue weighted by atomic mass is 32.2. The standard InChI is InChI=1S/C14H12N4O4S/c1-17-9-8-12(15-17)16-23(21,22)11-4-2-10(3-5-11)18-13(19)6-7-14(18)20/h2-9H,1H3,(H,15,16). The number of nitrogens with one attached hydrogen (secondary N) is 1. The van der Waals surface area contributed by atoms with Gasteiger partial charge in [0.05, 0.1) is 10.6 Å². The van der Waals surface area contributed by atoms with Crippen molar-refractivity contribution in [3.8, 4) is 0 Å². The topological polar surface area (TPSA) is 101 Å². The third kappa shape index (κ3) is 2.86. The Labute approximate surface area is 132 Å². The van der Waals surface area contributed by atoms with Gasteiger partial charge in [-0.25, -0.2) is 13.3 Å². The number of rotatable bonds is 4. The van der Waals surface area contributed by atoms with E-state index in [1.54, 1.807) is 13.2 Å². The van der Waals surface area contributed by atoms with Gasteiger partial charge in [0.15, 0.2) is 5.82 Å². The van der Waals surface area contributed by atoms with Gasteiger partial charge in [0, 0.05) is 31.5 Å². The quantitative estimate of drug-likeness (QED) is 0.828. The van der Waals surface area contributed by atoms with Crippen LogP contribution in [0.1, 0.15) is 0 Å². The van der Waals surface area contributed by atoms with Crippen LogP contribution in [-0.2, 0) is 26.7 Å². The summed E-state index contributed by atoms with van der Waals surface area (Å²) in [7, 11) is -2.13. The molecule has 9 heteroatoms. The first-order valence-electron chi connectivity index (χ1n) is 6.55. The molecule has 0 aliphatic carbocycles. The van der Waals surface area contributed by atoms with E-state index in [1.807, 2.05) is 0 Å². The van der Waals surface area contributed by atoms with E-state index in [1.165, 1.54) is 35.0 Å². The Hall–Kier alpha value is -2.94. The molecule has 23 heavy (non-hydrogen) atoms. The normalized spacial score (nSPS) is 14.6. The van der Waals surface area contributed by atoms with E-state index in [2.05, 4.69) is 9.82 Å². The molecule has 118 valence electrons. The number of amides is 2. The average Bonchev–Trinajstić information content (AvgIpc) is 3.04. The summed E-state index contributed by atoms with van der Waals surface area (Å²) < 4.78 is 28.3. The van der Waals surface area contributed by atoms with Gasteiger partial charge >= 0.3 is 0 Å². The number of hydrogen-bond donors (Lipinski definition) is 1. The zero-order valence-electron chi connectivity index (χ0n) is 12.0. The number of anilines is 2. The maximum atomic E-state index is 12.3. The molecule has 0 fully saturated rings. The number of benzene rings is 1. The molecular weight excluding hydrogens is 320 g/mol. The molecule has 1 aromatic heterocycles. The molecule has 0 saturated heterocycles. The number of sulfonamides is 1. The van der Waals surface area contributed by atoms with Gasteiger partial charge in [-0.2, -0.15) is 5.10 Å². The Morgan fingerprint density at radius 1 is 1.00 bits per heavy atom. The maximum Gasteiger partial charge on any atom is 0.263 e. The van der Waals surface area contributed by atoms with Crippen molar-refractivity contribution in [3.05, 3.63) is 48.7 Å². The lowest BCUT2D eigenvalue weighted by Crippen LogP contribution is -2.29. The van der Waals surface area contributed by atoms with Crippen molar-refractivity contribution in [3.63, 3.8) is 0 Å². The van der Waals surface area contributed by atoms with Gasteiger partial charge < -0.3 is 0 Å². The minimum absolute atomic E-state index is 0.000966. The number of aryl methyl sites for hydroxylation is 1. The molecule has 1 aliphatic heterocycles. The molecule has 0 radical (unpaired) electrons. The van der Waals surface area contributed by atoms with Crippen molar-refractivity contribution in [2.75, 3.05) is 9.62 Å². The molecule has 2 aromatic rings. The minimum Gasteiger partial charge on any atom is -0.274 e. The lowest BCUT2D eigenvalue weighted by molar-refractivity contribution is -0.119. The van der Waals surface area contributed by atoms with Crippen LogP contribution in [0.25, 0.3) is 0 Å². The highest BCUT2D eigenvalue weighted by molar-refractivity contribution is 7.92. The summed E-state index contributed by atoms with van der Waals surface area (Å²) in [5, 5.41) is 3.94. The number of aromatic nitrogens is 2. The number of carbonyl (C=O) groups excluding carboxylic acids is 2. The first kappa shape index (κ1) is 15.0. The van der Waals surface area contributed by atoms with Crippen molar-refractivity contribution < 1.29 is 18.0 Å². The molecular formula is C14H12N4O4S. The molecule has 0 unspecified atom stereocenters. The Morgan fingerprint density at radius 3 is 2.13 bits per heavy atom. The van der Waals surface area contributed by atoms with E-state index in [0.29, 0.717) is 5.69 Å². The first-order chi connectivity index (χ1) is 10.9. The predicted octanol–water partition coefficient (Wildman–Crippen LogP) is 0.650. The number of carbonyl (C=O) groups is 2. The van der Waals surface area contributed by atoms with Gasteiger partial charge in [0.1, 0.15) is 0 Å². The number of nitrogens with zero attached hydrogens (tertiary/aromatic N) is 3. The van der Waals surface area contributed by atoms with Crippen LogP contribution in [0.3, 0.4) is 0 Å². The van der Waals surface area contributed by atoms with Crippen LogP contribution in [0.4, 0.5) is 11.5 Å². The predicted molar refractivity (Wildman–Crippen MR) is 82.1 cm³/mol. The summed E-state index contributed by atoms with van der Waals surface area (Å²) in [6, 6.07) is 6.96. The fourth-order valence-electron chi connectivity index (χ4n) is 2.10. The van der Waals surface area contributed by atoms with E-state index in [9.17, 15) is 18.0 Å². The van der Waals surface area contributed by atoms with E-state index >= 15 is 0 Å². The Balaban J connectivity index is 1.84. The van der Waals surface area contributed by atoms with E-state index in [-0.39, 0.29) is 10.7 Å². The number of imide groups is 1. The summed E-state index contributed by atoms with van der Waals surface area (Å²) in [6.07, 6.45) is 3.93. The van der Waals surface area contributed by atoms with Gasteiger partial charge in [0.25, 0.3) is 21.8 Å². The van der Waals surface area contributed by atoms with Crippen molar-refractivity contribution in [2.45, 2.75) is 4.90 Å². The molecule has 0 atom stereocenters. The second kappa shape index (κ2) is 5.36. The van der Waals surface area contributed by atoms with Crippen LogP contribution in [0.15, 0.2) is 53.6 Å². The third-order valence-electron chi connectivity index (χ3n) is 3.17. The molecule has 8 nitrogen and oxygen atoms in total. The molecule has 0 saturated carbocycles. The van der Waals surface area contributed by atoms with E-state index < -0.39 is 21.8 Å². The fourth-order valence-corrected chi connectivity index (χ4v) is 3.09. The lowest BCUT2D eigenvalue weighted by Gasteiger charge is -2.14. The summed E-state index contributed by atoms with van der Waals surface area (Å²) in [4.78, 5) is 24.1. The third-order valence-corrected chi connectivity index (χ3v) is 4.54. The molecule has 3 rings (SSSR count). The Bertz CT molecular complexity index is 895. The lowest BCUT2D eigenvalue weighted by atomic mass is 10.3. The maximum absolute atomic E-state index is 12.3. The summed E-state index contributed by atoms with van der Waals surface area (Å²) in [6.45, 7) is 0. The summed E-state index contributed by atoms with van der Waals surface area (Å²) in [5.41, 5.74) is 0.307. The molecule has 1 aliphatic rings. The molecule has 0 bridgehead atoms. The van der Waals surface area contributed by atoms with Crippen molar-refractivity contribution in [1.82, 2.24) is 9.78 Å². The van der Waals surface area contributed by atoms with E-state index in [0.717, 1.165) is 17.1 Å². The van der Waals surface area contributed by atoms with Crippen molar-refractivity contribution in [2.24, 2.45) is 7.05 Å². The molecule has 1 N–H and O–H groups in total. The molecule has 1 aromatic carbocycles. The van der Waals surface area contributed by atoms with E-state index in [4.69, 9.17) is 0 Å².